The van der Waals surface area contributed by atoms with Gasteiger partial charge in [-0.3, -0.25) is 9.78 Å². The third kappa shape index (κ3) is 3.06. The summed E-state index contributed by atoms with van der Waals surface area (Å²) in [5.41, 5.74) is 2.09. The second-order valence-electron chi connectivity index (χ2n) is 4.23. The van der Waals surface area contributed by atoms with Gasteiger partial charge in [-0.15, -0.1) is 0 Å². The average Bonchev–Trinajstić information content (AvgIpc) is 2.57. The molecule has 3 rings (SSSR count). The van der Waals surface area contributed by atoms with E-state index in [1.807, 2.05) is 30.3 Å². The molecular weight excluding hydrogens is 266 g/mol. The number of nitrogens with zero attached hydrogens (tertiary/aromatic N) is 4. The smallest absolute Gasteiger partial charge is 0.259 e. The van der Waals surface area contributed by atoms with E-state index in [-0.39, 0.29) is 5.91 Å². The second-order valence-corrected chi connectivity index (χ2v) is 4.23. The summed E-state index contributed by atoms with van der Waals surface area (Å²) >= 11 is 0. The van der Waals surface area contributed by atoms with Gasteiger partial charge in [0.25, 0.3) is 5.91 Å². The van der Waals surface area contributed by atoms with E-state index in [9.17, 15) is 4.79 Å². The first-order valence-electron chi connectivity index (χ1n) is 6.27. The Balaban J connectivity index is 1.75. The van der Waals surface area contributed by atoms with E-state index in [0.717, 1.165) is 11.3 Å². The molecule has 6 heteroatoms. The van der Waals surface area contributed by atoms with Gasteiger partial charge in [0.15, 0.2) is 5.82 Å². The molecule has 1 amide bonds. The van der Waals surface area contributed by atoms with Crippen LogP contribution in [0.2, 0.25) is 0 Å². The Kier molecular flexibility index (Phi) is 3.60. The van der Waals surface area contributed by atoms with Crippen molar-refractivity contribution < 1.29 is 4.79 Å². The number of amides is 1. The molecular formula is C15H11N5O. The number of hydrogen-bond donors (Lipinski definition) is 1. The molecule has 0 atom stereocenters. The lowest BCUT2D eigenvalue weighted by atomic mass is 10.2. The minimum atomic E-state index is -0.322. The molecule has 6 nitrogen and oxygen atoms in total. The summed E-state index contributed by atoms with van der Waals surface area (Å²) < 4.78 is 0. The lowest BCUT2D eigenvalue weighted by molar-refractivity contribution is 0.102. The molecule has 0 fully saturated rings. The number of aromatic nitrogens is 4. The van der Waals surface area contributed by atoms with Crippen LogP contribution in [0.25, 0.3) is 11.3 Å². The van der Waals surface area contributed by atoms with Crippen molar-refractivity contribution >= 4 is 11.7 Å². The summed E-state index contributed by atoms with van der Waals surface area (Å²) in [6.07, 6.45) is 7.38. The Hall–Kier alpha value is -3.15. The van der Waals surface area contributed by atoms with E-state index in [1.165, 1.54) is 24.9 Å². The van der Waals surface area contributed by atoms with Gasteiger partial charge in [-0.1, -0.05) is 30.3 Å². The summed E-state index contributed by atoms with van der Waals surface area (Å²) in [5, 5.41) is 2.64. The van der Waals surface area contributed by atoms with Crippen molar-refractivity contribution in [1.29, 1.82) is 0 Å². The van der Waals surface area contributed by atoms with Crippen LogP contribution in [0.4, 0.5) is 5.82 Å². The minimum absolute atomic E-state index is 0.322. The zero-order valence-electron chi connectivity index (χ0n) is 11.0. The van der Waals surface area contributed by atoms with Crippen LogP contribution in [0.5, 0.6) is 0 Å². The molecule has 0 aliphatic heterocycles. The van der Waals surface area contributed by atoms with Crippen molar-refractivity contribution in [2.24, 2.45) is 0 Å². The van der Waals surface area contributed by atoms with Crippen molar-refractivity contribution in [2.75, 3.05) is 5.32 Å². The topological polar surface area (TPSA) is 80.7 Å². The number of carbonyl (C=O) groups is 1. The van der Waals surface area contributed by atoms with Gasteiger partial charge in [0.1, 0.15) is 6.33 Å². The van der Waals surface area contributed by atoms with Crippen molar-refractivity contribution in [3.05, 3.63) is 67.0 Å². The second kappa shape index (κ2) is 5.87. The maximum absolute atomic E-state index is 11.9. The quantitative estimate of drug-likeness (QED) is 0.793. The molecule has 3 aromatic rings. The van der Waals surface area contributed by atoms with Gasteiger partial charge in [-0.25, -0.2) is 15.0 Å². The van der Waals surface area contributed by atoms with Crippen molar-refractivity contribution in [1.82, 2.24) is 19.9 Å². The van der Waals surface area contributed by atoms with Crippen LogP contribution >= 0.6 is 0 Å². The van der Waals surface area contributed by atoms with Crippen LogP contribution < -0.4 is 5.32 Å². The van der Waals surface area contributed by atoms with Gasteiger partial charge in [0.2, 0.25) is 0 Å². The Morgan fingerprint density at radius 3 is 2.33 bits per heavy atom. The Labute approximate surface area is 121 Å². The van der Waals surface area contributed by atoms with Gasteiger partial charge in [-0.2, -0.15) is 0 Å². The molecule has 0 aliphatic rings. The van der Waals surface area contributed by atoms with Crippen molar-refractivity contribution in [2.45, 2.75) is 0 Å². The fourth-order valence-corrected chi connectivity index (χ4v) is 1.76. The first kappa shape index (κ1) is 12.9. The molecule has 2 aromatic heterocycles. The third-order valence-electron chi connectivity index (χ3n) is 2.79. The molecule has 0 saturated heterocycles. The van der Waals surface area contributed by atoms with Crippen LogP contribution in [0.1, 0.15) is 10.4 Å². The number of carbonyl (C=O) groups excluding carboxylic acids is 1. The maximum atomic E-state index is 11.9. The molecule has 1 aromatic carbocycles. The lowest BCUT2D eigenvalue weighted by Gasteiger charge is -2.04. The van der Waals surface area contributed by atoms with Crippen LogP contribution in [0, 0.1) is 0 Å². The lowest BCUT2D eigenvalue weighted by Crippen LogP contribution is -2.13. The fraction of sp³-hybridized carbons (Fsp3) is 0. The SMILES string of the molecule is O=C(Nc1cnc(-c2ccccc2)cn1)c1cncnc1. The first-order valence-corrected chi connectivity index (χ1v) is 6.27. The summed E-state index contributed by atoms with van der Waals surface area (Å²) in [5.74, 6) is 0.0564. The van der Waals surface area contributed by atoms with Gasteiger partial charge < -0.3 is 5.32 Å². The molecule has 0 bridgehead atoms. The van der Waals surface area contributed by atoms with Crippen LogP contribution in [0.15, 0.2) is 61.4 Å². The van der Waals surface area contributed by atoms with Crippen molar-refractivity contribution in [3.8, 4) is 11.3 Å². The predicted octanol–water partition coefficient (Wildman–Crippen LogP) is 2.19. The zero-order chi connectivity index (χ0) is 14.5. The van der Waals surface area contributed by atoms with Crippen LogP contribution in [-0.2, 0) is 0 Å². The van der Waals surface area contributed by atoms with Crippen LogP contribution in [-0.4, -0.2) is 25.8 Å². The number of hydrogen-bond acceptors (Lipinski definition) is 5. The summed E-state index contributed by atoms with van der Waals surface area (Å²) in [7, 11) is 0. The highest BCUT2D eigenvalue weighted by Gasteiger charge is 2.07. The van der Waals surface area contributed by atoms with Gasteiger partial charge >= 0.3 is 0 Å². The molecule has 0 saturated carbocycles. The number of benzene rings is 1. The average molecular weight is 277 g/mol. The van der Waals surface area contributed by atoms with E-state index in [4.69, 9.17) is 0 Å². The van der Waals surface area contributed by atoms with Crippen LogP contribution in [0.3, 0.4) is 0 Å². The molecule has 0 spiro atoms. The fourth-order valence-electron chi connectivity index (χ4n) is 1.76. The molecule has 2 heterocycles. The Morgan fingerprint density at radius 1 is 0.905 bits per heavy atom. The highest BCUT2D eigenvalue weighted by atomic mass is 16.1. The van der Waals surface area contributed by atoms with E-state index < -0.39 is 0 Å². The van der Waals surface area contributed by atoms with E-state index in [0.29, 0.717) is 11.4 Å². The molecule has 0 unspecified atom stereocenters. The number of nitrogens with one attached hydrogen (secondary N) is 1. The number of anilines is 1. The highest BCUT2D eigenvalue weighted by Crippen LogP contribution is 2.15. The van der Waals surface area contributed by atoms with E-state index in [2.05, 4.69) is 25.3 Å². The molecule has 21 heavy (non-hydrogen) atoms. The predicted molar refractivity (Wildman–Crippen MR) is 77.5 cm³/mol. The Bertz CT molecular complexity index is 729. The van der Waals surface area contributed by atoms with Gasteiger partial charge in [0, 0.05) is 18.0 Å². The molecule has 1 N–H and O–H groups in total. The summed E-state index contributed by atoms with van der Waals surface area (Å²) in [6.45, 7) is 0. The monoisotopic (exact) mass is 277 g/mol. The van der Waals surface area contributed by atoms with Gasteiger partial charge in [-0.05, 0) is 0 Å². The van der Waals surface area contributed by atoms with Crippen molar-refractivity contribution in [3.63, 3.8) is 0 Å². The van der Waals surface area contributed by atoms with E-state index >= 15 is 0 Å². The van der Waals surface area contributed by atoms with Gasteiger partial charge in [0.05, 0.1) is 23.7 Å². The molecule has 102 valence electrons. The highest BCUT2D eigenvalue weighted by molar-refractivity contribution is 6.03. The normalized spacial score (nSPS) is 10.1. The number of rotatable bonds is 3. The molecule has 0 radical (unpaired) electrons. The largest absolute Gasteiger partial charge is 0.305 e. The maximum Gasteiger partial charge on any atom is 0.259 e. The molecule has 0 aliphatic carbocycles. The minimum Gasteiger partial charge on any atom is -0.305 e. The zero-order valence-corrected chi connectivity index (χ0v) is 11.0. The summed E-state index contributed by atoms with van der Waals surface area (Å²) in [4.78, 5) is 28.0. The Morgan fingerprint density at radius 2 is 1.67 bits per heavy atom. The first-order chi connectivity index (χ1) is 10.3. The van der Waals surface area contributed by atoms with E-state index in [1.54, 1.807) is 6.20 Å². The third-order valence-corrected chi connectivity index (χ3v) is 2.79. The standard InChI is InChI=1S/C15H11N5O/c21-15(12-6-16-10-17-7-12)20-14-9-18-13(8-19-14)11-4-2-1-3-5-11/h1-10H,(H,19,20,21). The summed E-state index contributed by atoms with van der Waals surface area (Å²) in [6, 6.07) is 9.70.